The Labute approximate surface area is 72.1 Å². The van der Waals surface area contributed by atoms with Gasteiger partial charge in [-0.3, -0.25) is 4.79 Å². The molecule has 0 spiro atoms. The van der Waals surface area contributed by atoms with Gasteiger partial charge in [-0.05, 0) is 6.42 Å². The van der Waals surface area contributed by atoms with Gasteiger partial charge in [-0.15, -0.1) is 12.4 Å². The number of methoxy groups -OCH3 is 1. The summed E-state index contributed by atoms with van der Waals surface area (Å²) in [7, 11) is 1.33. The van der Waals surface area contributed by atoms with E-state index >= 15 is 0 Å². The van der Waals surface area contributed by atoms with Crippen LogP contribution in [0, 0.1) is 0 Å². The standard InChI is InChI=1S/C6H13NO3.ClH/c1-10-6(9)3-2-5(7)4-8;/h5,8H,2-4,7H2,1H3;1H. The number of carbonyl (C=O) groups excluding carboxylic acids is 1. The van der Waals surface area contributed by atoms with Crippen molar-refractivity contribution in [3.63, 3.8) is 0 Å². The molecule has 0 saturated carbocycles. The van der Waals surface area contributed by atoms with Crippen LogP contribution in [0.15, 0.2) is 0 Å². The monoisotopic (exact) mass is 183 g/mol. The smallest absolute Gasteiger partial charge is 0.305 e. The Hall–Kier alpha value is -0.320. The Morgan fingerprint density at radius 3 is 2.64 bits per heavy atom. The van der Waals surface area contributed by atoms with Crippen LogP contribution in [-0.2, 0) is 9.53 Å². The number of aliphatic hydroxyl groups excluding tert-OH is 1. The summed E-state index contributed by atoms with van der Waals surface area (Å²) < 4.78 is 4.37. The van der Waals surface area contributed by atoms with E-state index in [4.69, 9.17) is 10.8 Å². The largest absolute Gasteiger partial charge is 0.469 e. The summed E-state index contributed by atoms with van der Waals surface area (Å²) in [5, 5.41) is 8.44. The maximum atomic E-state index is 10.5. The van der Waals surface area contributed by atoms with Crippen molar-refractivity contribution < 1.29 is 14.6 Å². The summed E-state index contributed by atoms with van der Waals surface area (Å²) in [6.45, 7) is -0.0863. The fourth-order valence-corrected chi connectivity index (χ4v) is 0.497. The topological polar surface area (TPSA) is 72.5 Å². The van der Waals surface area contributed by atoms with Crippen LogP contribution in [0.3, 0.4) is 0 Å². The minimum absolute atomic E-state index is 0. The second-order valence-electron chi connectivity index (χ2n) is 2.06. The van der Waals surface area contributed by atoms with E-state index in [1.165, 1.54) is 7.11 Å². The maximum Gasteiger partial charge on any atom is 0.305 e. The first kappa shape index (κ1) is 13.3. The Bertz CT molecular complexity index is 110. The summed E-state index contributed by atoms with van der Waals surface area (Å²) >= 11 is 0. The minimum atomic E-state index is -0.306. The van der Waals surface area contributed by atoms with Crippen molar-refractivity contribution in [2.45, 2.75) is 18.9 Å². The average molecular weight is 184 g/mol. The van der Waals surface area contributed by atoms with Gasteiger partial charge in [0.15, 0.2) is 0 Å². The number of hydrogen-bond acceptors (Lipinski definition) is 4. The zero-order valence-corrected chi connectivity index (χ0v) is 7.26. The molecule has 0 aromatic heterocycles. The lowest BCUT2D eigenvalue weighted by atomic mass is 10.2. The van der Waals surface area contributed by atoms with Gasteiger partial charge in [-0.2, -0.15) is 0 Å². The number of rotatable bonds is 4. The van der Waals surface area contributed by atoms with E-state index in [0.717, 1.165) is 0 Å². The Kier molecular flexibility index (Phi) is 9.40. The lowest BCUT2D eigenvalue weighted by Crippen LogP contribution is -2.25. The molecule has 0 rings (SSSR count). The van der Waals surface area contributed by atoms with Gasteiger partial charge in [0.05, 0.1) is 13.7 Å². The molecule has 0 aromatic carbocycles. The van der Waals surface area contributed by atoms with Crippen LogP contribution in [0.4, 0.5) is 0 Å². The summed E-state index contributed by atoms with van der Waals surface area (Å²) in [6.07, 6.45) is 0.751. The lowest BCUT2D eigenvalue weighted by Gasteiger charge is -2.04. The molecule has 0 aliphatic carbocycles. The highest BCUT2D eigenvalue weighted by atomic mass is 35.5. The number of halogens is 1. The molecule has 0 heterocycles. The zero-order chi connectivity index (χ0) is 7.98. The number of ether oxygens (including phenoxy) is 1. The third-order valence-corrected chi connectivity index (χ3v) is 1.18. The van der Waals surface area contributed by atoms with E-state index in [0.29, 0.717) is 6.42 Å². The predicted octanol–water partition coefficient (Wildman–Crippen LogP) is -0.319. The van der Waals surface area contributed by atoms with Crippen molar-refractivity contribution in [3.05, 3.63) is 0 Å². The normalized spacial score (nSPS) is 11.5. The lowest BCUT2D eigenvalue weighted by molar-refractivity contribution is -0.140. The van der Waals surface area contributed by atoms with Gasteiger partial charge in [0.2, 0.25) is 0 Å². The fourth-order valence-electron chi connectivity index (χ4n) is 0.497. The first-order valence-electron chi connectivity index (χ1n) is 3.14. The summed E-state index contributed by atoms with van der Waals surface area (Å²) in [5.41, 5.74) is 5.32. The third kappa shape index (κ3) is 7.58. The maximum absolute atomic E-state index is 10.5. The first-order valence-corrected chi connectivity index (χ1v) is 3.14. The molecule has 0 radical (unpaired) electrons. The van der Waals surface area contributed by atoms with Crippen molar-refractivity contribution in [1.82, 2.24) is 0 Å². The van der Waals surface area contributed by atoms with Crippen LogP contribution < -0.4 is 5.73 Å². The molecule has 0 aromatic rings. The molecule has 1 unspecified atom stereocenters. The number of carbonyl (C=O) groups is 1. The van der Waals surface area contributed by atoms with E-state index in [9.17, 15) is 4.79 Å². The van der Waals surface area contributed by atoms with Crippen molar-refractivity contribution in [3.8, 4) is 0 Å². The number of aliphatic hydroxyl groups is 1. The fraction of sp³-hybridized carbons (Fsp3) is 0.833. The zero-order valence-electron chi connectivity index (χ0n) is 6.45. The van der Waals surface area contributed by atoms with E-state index in [1.807, 2.05) is 0 Å². The summed E-state index contributed by atoms with van der Waals surface area (Å²) in [4.78, 5) is 10.5. The highest BCUT2D eigenvalue weighted by Crippen LogP contribution is 1.94. The summed E-state index contributed by atoms with van der Waals surface area (Å²) in [6, 6.07) is -0.306. The van der Waals surface area contributed by atoms with Gasteiger partial charge in [0.25, 0.3) is 0 Å². The van der Waals surface area contributed by atoms with E-state index in [2.05, 4.69) is 4.74 Å². The number of hydrogen-bond donors (Lipinski definition) is 2. The second-order valence-corrected chi connectivity index (χ2v) is 2.06. The molecule has 0 saturated heterocycles. The Balaban J connectivity index is 0. The molecule has 0 aliphatic heterocycles. The first-order chi connectivity index (χ1) is 4.70. The molecule has 68 valence electrons. The Morgan fingerprint density at radius 1 is 1.73 bits per heavy atom. The van der Waals surface area contributed by atoms with Gasteiger partial charge in [-0.1, -0.05) is 0 Å². The second kappa shape index (κ2) is 7.78. The van der Waals surface area contributed by atoms with Crippen LogP contribution in [0.5, 0.6) is 0 Å². The average Bonchev–Trinajstić information content (AvgIpc) is 1.99. The molecule has 0 bridgehead atoms. The molecule has 3 N–H and O–H groups in total. The van der Waals surface area contributed by atoms with Crippen LogP contribution in [0.1, 0.15) is 12.8 Å². The molecule has 4 nitrogen and oxygen atoms in total. The molecular weight excluding hydrogens is 170 g/mol. The van der Waals surface area contributed by atoms with Gasteiger partial charge >= 0.3 is 5.97 Å². The quantitative estimate of drug-likeness (QED) is 0.586. The molecular formula is C6H14ClNO3. The molecule has 5 heteroatoms. The minimum Gasteiger partial charge on any atom is -0.469 e. The van der Waals surface area contributed by atoms with Crippen LogP contribution in [0.25, 0.3) is 0 Å². The van der Waals surface area contributed by atoms with Crippen LogP contribution in [-0.4, -0.2) is 30.8 Å². The summed E-state index contributed by atoms with van der Waals surface area (Å²) in [5.74, 6) is -0.288. The van der Waals surface area contributed by atoms with Crippen molar-refractivity contribution in [1.29, 1.82) is 0 Å². The predicted molar refractivity (Wildman–Crippen MR) is 43.6 cm³/mol. The van der Waals surface area contributed by atoms with E-state index in [-0.39, 0.29) is 37.4 Å². The third-order valence-electron chi connectivity index (χ3n) is 1.18. The van der Waals surface area contributed by atoms with Gasteiger partial charge < -0.3 is 15.6 Å². The molecule has 0 amide bonds. The van der Waals surface area contributed by atoms with Crippen LogP contribution >= 0.6 is 12.4 Å². The highest BCUT2D eigenvalue weighted by molar-refractivity contribution is 5.85. The molecule has 1 atom stereocenters. The van der Waals surface area contributed by atoms with Gasteiger partial charge in [-0.25, -0.2) is 0 Å². The SMILES string of the molecule is COC(=O)CCC(N)CO.Cl. The van der Waals surface area contributed by atoms with Gasteiger partial charge in [0, 0.05) is 12.5 Å². The van der Waals surface area contributed by atoms with E-state index < -0.39 is 0 Å². The molecule has 0 aliphatic rings. The van der Waals surface area contributed by atoms with Crippen molar-refractivity contribution in [2.75, 3.05) is 13.7 Å². The number of esters is 1. The Morgan fingerprint density at radius 2 is 2.27 bits per heavy atom. The molecule has 11 heavy (non-hydrogen) atoms. The van der Waals surface area contributed by atoms with Crippen LogP contribution in [0.2, 0.25) is 0 Å². The molecule has 0 fully saturated rings. The highest BCUT2D eigenvalue weighted by Gasteiger charge is 2.04. The van der Waals surface area contributed by atoms with Crippen molar-refractivity contribution >= 4 is 18.4 Å². The van der Waals surface area contributed by atoms with Crippen molar-refractivity contribution in [2.24, 2.45) is 5.73 Å². The van der Waals surface area contributed by atoms with Gasteiger partial charge in [0.1, 0.15) is 0 Å². The number of nitrogens with two attached hydrogens (primary N) is 1. The van der Waals surface area contributed by atoms with E-state index in [1.54, 1.807) is 0 Å².